The molecule has 1 aromatic carbocycles. The second-order valence-corrected chi connectivity index (χ2v) is 6.43. The average molecular weight is 410 g/mol. The molecule has 1 aromatic rings. The summed E-state index contributed by atoms with van der Waals surface area (Å²) in [6, 6.07) is 2.20. The summed E-state index contributed by atoms with van der Waals surface area (Å²) in [5.74, 6) is -1.82. The molecule has 0 aliphatic heterocycles. The number of alkyl halides is 4. The minimum Gasteiger partial charge on any atom is -0.490 e. The summed E-state index contributed by atoms with van der Waals surface area (Å²) in [6.45, 7) is 0.314. The maximum atomic E-state index is 13.6. The first-order valence-electron chi connectivity index (χ1n) is 6.21. The third kappa shape index (κ3) is 7.61. The minimum atomic E-state index is -4.31. The molecule has 21 heavy (non-hydrogen) atoms. The topological polar surface area (TPSA) is 9.23 Å². The zero-order valence-electron chi connectivity index (χ0n) is 11.0. The van der Waals surface area contributed by atoms with Crippen LogP contribution in [0, 0.1) is 5.82 Å². The van der Waals surface area contributed by atoms with E-state index in [4.69, 9.17) is 16.3 Å². The van der Waals surface area contributed by atoms with Gasteiger partial charge in [0.1, 0.15) is 0 Å². The van der Waals surface area contributed by atoms with Crippen molar-refractivity contribution in [2.24, 2.45) is 0 Å². The van der Waals surface area contributed by atoms with E-state index in [1.54, 1.807) is 0 Å². The summed E-state index contributed by atoms with van der Waals surface area (Å²) in [7, 11) is 0. The van der Waals surface area contributed by atoms with Gasteiger partial charge in [-0.1, -0.05) is 27.5 Å². The fraction of sp³-hybridized carbons (Fsp3) is 0.538. The van der Waals surface area contributed by atoms with Crippen LogP contribution in [0.25, 0.3) is 0 Å². The Bertz CT molecular complexity index is 457. The lowest BCUT2D eigenvalue weighted by atomic mass is 10.2. The first kappa shape index (κ1) is 18.9. The Balaban J connectivity index is 2.63. The summed E-state index contributed by atoms with van der Waals surface area (Å²) < 4.78 is 55.5. The second kappa shape index (κ2) is 9.10. The van der Waals surface area contributed by atoms with Crippen LogP contribution < -0.4 is 4.74 Å². The maximum Gasteiger partial charge on any atom is 0.398 e. The highest BCUT2D eigenvalue weighted by atomic mass is 79.9. The maximum absolute atomic E-state index is 13.6. The summed E-state index contributed by atoms with van der Waals surface area (Å²) in [5.41, 5.74) is 0. The van der Waals surface area contributed by atoms with E-state index < -0.39 is 17.7 Å². The lowest BCUT2D eigenvalue weighted by Crippen LogP contribution is -2.10. The third-order valence-electron chi connectivity index (χ3n) is 2.41. The molecular formula is C13H14BrClF4OS. The van der Waals surface area contributed by atoms with E-state index in [1.165, 1.54) is 6.07 Å². The van der Waals surface area contributed by atoms with Crippen molar-refractivity contribution in [1.29, 1.82) is 0 Å². The average Bonchev–Trinajstić information content (AvgIpc) is 2.38. The Kier molecular flexibility index (Phi) is 8.19. The molecule has 120 valence electrons. The van der Waals surface area contributed by atoms with Gasteiger partial charge in [-0.05, 0) is 31.4 Å². The molecule has 0 atom stereocenters. The van der Waals surface area contributed by atoms with Gasteiger partial charge in [0, 0.05) is 10.2 Å². The van der Waals surface area contributed by atoms with Crippen LogP contribution in [0.1, 0.15) is 19.3 Å². The number of hydrogen-bond donors (Lipinski definition) is 0. The molecule has 1 rings (SSSR count). The van der Waals surface area contributed by atoms with Crippen LogP contribution >= 0.6 is 39.3 Å². The highest BCUT2D eigenvalue weighted by Crippen LogP contribution is 2.36. The summed E-state index contributed by atoms with van der Waals surface area (Å²) >= 11 is 9.56. The van der Waals surface area contributed by atoms with Crippen molar-refractivity contribution in [2.75, 3.05) is 17.7 Å². The van der Waals surface area contributed by atoms with Crippen LogP contribution in [0.3, 0.4) is 0 Å². The Morgan fingerprint density at radius 3 is 2.52 bits per heavy atom. The normalized spacial score (nSPS) is 11.7. The molecule has 0 aliphatic carbocycles. The fourth-order valence-corrected chi connectivity index (χ4v) is 2.86. The Labute approximate surface area is 138 Å². The molecule has 0 heterocycles. The third-order valence-corrected chi connectivity index (χ3v) is 4.52. The summed E-state index contributed by atoms with van der Waals surface area (Å²) in [4.78, 5) is 0.158. The summed E-state index contributed by atoms with van der Waals surface area (Å²) in [5, 5.41) is 0.842. The molecule has 0 fully saturated rings. The van der Waals surface area contributed by atoms with Crippen molar-refractivity contribution in [3.05, 3.63) is 23.0 Å². The molecule has 0 amide bonds. The van der Waals surface area contributed by atoms with E-state index >= 15 is 0 Å². The highest BCUT2D eigenvalue weighted by molar-refractivity contribution is 9.09. The second-order valence-electron chi connectivity index (χ2n) is 4.22. The molecule has 0 aliphatic rings. The lowest BCUT2D eigenvalue weighted by Gasteiger charge is -2.11. The Hall–Kier alpha value is -0.140. The molecule has 0 aromatic heterocycles. The van der Waals surface area contributed by atoms with Gasteiger partial charge in [-0.25, -0.2) is 4.39 Å². The Morgan fingerprint density at radius 2 is 1.90 bits per heavy atom. The van der Waals surface area contributed by atoms with E-state index in [-0.39, 0.29) is 15.7 Å². The van der Waals surface area contributed by atoms with Crippen molar-refractivity contribution in [3.8, 4) is 5.75 Å². The van der Waals surface area contributed by atoms with Gasteiger partial charge in [0.25, 0.3) is 0 Å². The van der Waals surface area contributed by atoms with Crippen LogP contribution in [0.4, 0.5) is 17.6 Å². The van der Waals surface area contributed by atoms with Crippen LogP contribution in [0.5, 0.6) is 5.75 Å². The van der Waals surface area contributed by atoms with Gasteiger partial charge >= 0.3 is 6.18 Å². The highest BCUT2D eigenvalue weighted by Gasteiger charge is 2.28. The van der Waals surface area contributed by atoms with Crippen molar-refractivity contribution in [1.82, 2.24) is 0 Å². The minimum absolute atomic E-state index is 0.0478. The van der Waals surface area contributed by atoms with Crippen LogP contribution in [-0.2, 0) is 0 Å². The number of rotatable bonds is 8. The Morgan fingerprint density at radius 1 is 1.19 bits per heavy atom. The van der Waals surface area contributed by atoms with Crippen LogP contribution in [0.15, 0.2) is 17.0 Å². The predicted molar refractivity (Wildman–Crippen MR) is 81.3 cm³/mol. The smallest absolute Gasteiger partial charge is 0.398 e. The molecule has 0 saturated heterocycles. The number of thioether (sulfide) groups is 1. The number of benzene rings is 1. The van der Waals surface area contributed by atoms with Crippen molar-refractivity contribution in [2.45, 2.75) is 30.3 Å². The van der Waals surface area contributed by atoms with E-state index in [0.29, 0.717) is 18.4 Å². The fourth-order valence-electron chi connectivity index (χ4n) is 1.45. The monoisotopic (exact) mass is 408 g/mol. The van der Waals surface area contributed by atoms with E-state index in [2.05, 4.69) is 15.9 Å². The molecular weight excluding hydrogens is 396 g/mol. The van der Waals surface area contributed by atoms with E-state index in [1.807, 2.05) is 0 Å². The number of unbranched alkanes of at least 4 members (excludes halogenated alkanes) is 2. The van der Waals surface area contributed by atoms with Crippen molar-refractivity contribution >= 4 is 39.3 Å². The standard InChI is InChI=1S/C13H14BrClF4OS/c14-4-2-1-3-5-20-11-7-12(9(15)6-10(11)16)21-8-13(17,18)19/h6-7H,1-5,8H2. The first-order valence-corrected chi connectivity index (χ1v) is 8.69. The summed E-state index contributed by atoms with van der Waals surface area (Å²) in [6.07, 6.45) is -1.65. The van der Waals surface area contributed by atoms with Gasteiger partial charge in [-0.15, -0.1) is 11.8 Å². The number of halogens is 6. The zero-order chi connectivity index (χ0) is 15.9. The van der Waals surface area contributed by atoms with Gasteiger partial charge in [0.15, 0.2) is 11.6 Å². The zero-order valence-corrected chi connectivity index (χ0v) is 14.1. The molecule has 0 saturated carbocycles. The molecule has 1 nitrogen and oxygen atoms in total. The molecule has 0 bridgehead atoms. The van der Waals surface area contributed by atoms with Gasteiger partial charge in [-0.3, -0.25) is 0 Å². The SMILES string of the molecule is Fc1cc(Cl)c(SCC(F)(F)F)cc1OCCCCCBr. The molecule has 0 spiro atoms. The first-order chi connectivity index (χ1) is 9.83. The predicted octanol–water partition coefficient (Wildman–Crippen LogP) is 6.08. The van der Waals surface area contributed by atoms with Crippen molar-refractivity contribution < 1.29 is 22.3 Å². The molecule has 8 heteroatoms. The number of ether oxygens (including phenoxy) is 1. The quantitative estimate of drug-likeness (QED) is 0.223. The van der Waals surface area contributed by atoms with E-state index in [0.717, 1.165) is 30.7 Å². The van der Waals surface area contributed by atoms with Gasteiger partial charge in [0.2, 0.25) is 0 Å². The van der Waals surface area contributed by atoms with Gasteiger partial charge < -0.3 is 4.74 Å². The number of hydrogen-bond acceptors (Lipinski definition) is 2. The van der Waals surface area contributed by atoms with Gasteiger partial charge in [-0.2, -0.15) is 13.2 Å². The molecule has 0 radical (unpaired) electrons. The van der Waals surface area contributed by atoms with Crippen LogP contribution in [-0.4, -0.2) is 23.9 Å². The molecule has 0 N–H and O–H groups in total. The van der Waals surface area contributed by atoms with Crippen molar-refractivity contribution in [3.63, 3.8) is 0 Å². The van der Waals surface area contributed by atoms with Gasteiger partial charge in [0.05, 0.1) is 17.4 Å². The van der Waals surface area contributed by atoms with E-state index in [9.17, 15) is 17.6 Å². The van der Waals surface area contributed by atoms with Crippen LogP contribution in [0.2, 0.25) is 5.02 Å². The largest absolute Gasteiger partial charge is 0.490 e. The lowest BCUT2D eigenvalue weighted by molar-refractivity contribution is -0.105. The molecule has 0 unspecified atom stereocenters.